The third-order valence-electron chi connectivity index (χ3n) is 2.05. The predicted molar refractivity (Wildman–Crippen MR) is 60.4 cm³/mol. The molecule has 0 spiro atoms. The van der Waals surface area contributed by atoms with E-state index in [1.807, 2.05) is 0 Å². The zero-order valence-electron chi connectivity index (χ0n) is 8.96. The second kappa shape index (κ2) is 4.17. The first kappa shape index (κ1) is 11.6. The van der Waals surface area contributed by atoms with E-state index in [1.54, 1.807) is 7.05 Å². The van der Waals surface area contributed by atoms with Crippen molar-refractivity contribution in [3.63, 3.8) is 0 Å². The standard InChI is InChI=1S/C10H10FN3O2S/c1-14-6-10(12-7-14)17(15,16)13-9-4-2-8(11)3-5-9/h2-7,13H,1H3. The first-order valence-corrected chi connectivity index (χ1v) is 6.22. The maximum Gasteiger partial charge on any atom is 0.280 e. The van der Waals surface area contributed by atoms with Crippen LogP contribution in [-0.2, 0) is 17.1 Å². The lowest BCUT2D eigenvalue weighted by Crippen LogP contribution is -2.13. The Kier molecular flexibility index (Phi) is 2.84. The van der Waals surface area contributed by atoms with Crippen molar-refractivity contribution in [3.05, 3.63) is 42.6 Å². The van der Waals surface area contributed by atoms with Crippen LogP contribution in [0.3, 0.4) is 0 Å². The maximum absolute atomic E-state index is 12.7. The summed E-state index contributed by atoms with van der Waals surface area (Å²) in [5.74, 6) is -0.425. The van der Waals surface area contributed by atoms with Crippen molar-refractivity contribution in [2.75, 3.05) is 4.72 Å². The number of halogens is 1. The molecule has 1 N–H and O–H groups in total. The number of nitrogens with zero attached hydrogens (tertiary/aromatic N) is 2. The maximum atomic E-state index is 12.7. The van der Waals surface area contributed by atoms with Gasteiger partial charge in [-0.2, -0.15) is 8.42 Å². The number of imidazole rings is 1. The van der Waals surface area contributed by atoms with Crippen molar-refractivity contribution in [2.24, 2.45) is 7.05 Å². The monoisotopic (exact) mass is 255 g/mol. The fraction of sp³-hybridized carbons (Fsp3) is 0.100. The molecule has 17 heavy (non-hydrogen) atoms. The van der Waals surface area contributed by atoms with E-state index in [-0.39, 0.29) is 10.7 Å². The van der Waals surface area contributed by atoms with Crippen molar-refractivity contribution in [1.82, 2.24) is 9.55 Å². The molecule has 90 valence electrons. The van der Waals surface area contributed by atoms with Crippen molar-refractivity contribution in [2.45, 2.75) is 5.03 Å². The first-order valence-electron chi connectivity index (χ1n) is 4.74. The van der Waals surface area contributed by atoms with Crippen molar-refractivity contribution >= 4 is 15.7 Å². The Balaban J connectivity index is 2.26. The Morgan fingerprint density at radius 1 is 1.29 bits per heavy atom. The van der Waals surface area contributed by atoms with Crippen LogP contribution in [0.5, 0.6) is 0 Å². The highest BCUT2D eigenvalue weighted by atomic mass is 32.2. The summed E-state index contributed by atoms with van der Waals surface area (Å²) in [5, 5.41) is -0.0793. The zero-order valence-corrected chi connectivity index (χ0v) is 9.78. The van der Waals surface area contributed by atoms with Crippen LogP contribution in [0, 0.1) is 5.82 Å². The molecule has 0 aliphatic carbocycles. The van der Waals surface area contributed by atoms with Crippen LogP contribution in [0.2, 0.25) is 0 Å². The van der Waals surface area contributed by atoms with E-state index in [4.69, 9.17) is 0 Å². The van der Waals surface area contributed by atoms with Crippen LogP contribution in [0.4, 0.5) is 10.1 Å². The van der Waals surface area contributed by atoms with E-state index >= 15 is 0 Å². The van der Waals surface area contributed by atoms with Gasteiger partial charge in [0, 0.05) is 18.9 Å². The van der Waals surface area contributed by atoms with Crippen molar-refractivity contribution in [1.29, 1.82) is 0 Å². The van der Waals surface area contributed by atoms with Gasteiger partial charge in [0.15, 0.2) is 5.03 Å². The lowest BCUT2D eigenvalue weighted by molar-refractivity contribution is 0.598. The normalized spacial score (nSPS) is 11.4. The van der Waals surface area contributed by atoms with Crippen LogP contribution in [0.15, 0.2) is 41.8 Å². The minimum atomic E-state index is -3.71. The molecule has 0 fully saturated rings. The lowest BCUT2D eigenvalue weighted by atomic mass is 10.3. The molecule has 1 aromatic carbocycles. The Morgan fingerprint density at radius 3 is 2.47 bits per heavy atom. The highest BCUT2D eigenvalue weighted by Crippen LogP contribution is 2.14. The van der Waals surface area contributed by atoms with E-state index in [2.05, 4.69) is 9.71 Å². The highest BCUT2D eigenvalue weighted by Gasteiger charge is 2.16. The number of aromatic nitrogens is 2. The minimum absolute atomic E-state index is 0.0793. The van der Waals surface area contributed by atoms with E-state index in [0.717, 1.165) is 0 Å². The quantitative estimate of drug-likeness (QED) is 0.900. The molecule has 0 saturated heterocycles. The number of rotatable bonds is 3. The van der Waals surface area contributed by atoms with Crippen LogP contribution in [-0.4, -0.2) is 18.0 Å². The summed E-state index contributed by atoms with van der Waals surface area (Å²) in [7, 11) is -2.04. The molecule has 0 bridgehead atoms. The van der Waals surface area contributed by atoms with Gasteiger partial charge in [-0.1, -0.05) is 0 Å². The molecule has 0 atom stereocenters. The Morgan fingerprint density at radius 2 is 1.94 bits per heavy atom. The van der Waals surface area contributed by atoms with Crippen LogP contribution >= 0.6 is 0 Å². The summed E-state index contributed by atoms with van der Waals surface area (Å²) in [4.78, 5) is 3.74. The van der Waals surface area contributed by atoms with Gasteiger partial charge in [0.25, 0.3) is 10.0 Å². The van der Waals surface area contributed by atoms with E-state index in [1.165, 1.54) is 41.4 Å². The van der Waals surface area contributed by atoms with Crippen molar-refractivity contribution in [3.8, 4) is 0 Å². The zero-order chi connectivity index (χ0) is 12.5. The molecule has 0 aliphatic rings. The van der Waals surface area contributed by atoms with E-state index in [9.17, 15) is 12.8 Å². The average molecular weight is 255 g/mol. The average Bonchev–Trinajstić information content (AvgIpc) is 2.69. The molecule has 2 rings (SSSR count). The minimum Gasteiger partial charge on any atom is -0.339 e. The molecule has 0 amide bonds. The van der Waals surface area contributed by atoms with Gasteiger partial charge in [-0.05, 0) is 24.3 Å². The molecule has 7 heteroatoms. The summed E-state index contributed by atoms with van der Waals surface area (Å²) in [6.07, 6.45) is 2.77. The number of anilines is 1. The first-order chi connectivity index (χ1) is 7.97. The molecule has 0 radical (unpaired) electrons. The number of benzene rings is 1. The predicted octanol–water partition coefficient (Wildman–Crippen LogP) is 1.36. The van der Waals surface area contributed by atoms with Gasteiger partial charge in [0.2, 0.25) is 0 Å². The summed E-state index contributed by atoms with van der Waals surface area (Å²) in [5.41, 5.74) is 0.289. The second-order valence-electron chi connectivity index (χ2n) is 3.49. The third-order valence-corrected chi connectivity index (χ3v) is 3.32. The smallest absolute Gasteiger partial charge is 0.280 e. The van der Waals surface area contributed by atoms with Gasteiger partial charge >= 0.3 is 0 Å². The van der Waals surface area contributed by atoms with Crippen molar-refractivity contribution < 1.29 is 12.8 Å². The number of nitrogens with one attached hydrogen (secondary N) is 1. The van der Waals surface area contributed by atoms with E-state index in [0.29, 0.717) is 0 Å². The summed E-state index contributed by atoms with van der Waals surface area (Å²) >= 11 is 0. The Bertz CT molecular complexity index is 619. The highest BCUT2D eigenvalue weighted by molar-refractivity contribution is 7.92. The number of sulfonamides is 1. The lowest BCUT2D eigenvalue weighted by Gasteiger charge is -2.04. The van der Waals surface area contributed by atoms with Gasteiger partial charge < -0.3 is 4.57 Å². The molecule has 2 aromatic rings. The SMILES string of the molecule is Cn1cnc(S(=O)(=O)Nc2ccc(F)cc2)c1. The largest absolute Gasteiger partial charge is 0.339 e. The molecule has 1 heterocycles. The second-order valence-corrected chi connectivity index (χ2v) is 5.12. The molecular formula is C10H10FN3O2S. The molecule has 5 nitrogen and oxygen atoms in total. The summed E-state index contributed by atoms with van der Waals surface area (Å²) < 4.78 is 40.1. The van der Waals surface area contributed by atoms with Crippen LogP contribution in [0.25, 0.3) is 0 Å². The van der Waals surface area contributed by atoms with Gasteiger partial charge in [0.1, 0.15) is 5.82 Å². The van der Waals surface area contributed by atoms with Crippen LogP contribution in [0.1, 0.15) is 0 Å². The van der Waals surface area contributed by atoms with E-state index < -0.39 is 15.8 Å². The Labute approximate surface area is 98.0 Å². The van der Waals surface area contributed by atoms with Gasteiger partial charge in [0.05, 0.1) is 6.33 Å². The fourth-order valence-corrected chi connectivity index (χ4v) is 2.29. The van der Waals surface area contributed by atoms with Gasteiger partial charge in [-0.25, -0.2) is 9.37 Å². The Hall–Kier alpha value is -1.89. The third kappa shape index (κ3) is 2.62. The fourth-order valence-electron chi connectivity index (χ4n) is 1.25. The summed E-state index contributed by atoms with van der Waals surface area (Å²) in [6, 6.07) is 5.04. The molecule has 1 aromatic heterocycles. The topological polar surface area (TPSA) is 64.0 Å². The summed E-state index contributed by atoms with van der Waals surface area (Å²) in [6.45, 7) is 0. The number of hydrogen-bond donors (Lipinski definition) is 1. The van der Waals surface area contributed by atoms with Gasteiger partial charge in [-0.15, -0.1) is 0 Å². The van der Waals surface area contributed by atoms with Crippen LogP contribution < -0.4 is 4.72 Å². The molecule has 0 aliphatic heterocycles. The molecule has 0 saturated carbocycles. The van der Waals surface area contributed by atoms with Gasteiger partial charge in [-0.3, -0.25) is 4.72 Å². The number of aryl methyl sites for hydroxylation is 1. The molecular weight excluding hydrogens is 245 g/mol. The molecule has 0 unspecified atom stereocenters. The number of hydrogen-bond acceptors (Lipinski definition) is 3.